The molecule has 2 aromatic carbocycles. The Bertz CT molecular complexity index is 993. The predicted molar refractivity (Wildman–Crippen MR) is 116 cm³/mol. The highest BCUT2D eigenvalue weighted by molar-refractivity contribution is 5.76. The molecule has 0 bridgehead atoms. The summed E-state index contributed by atoms with van der Waals surface area (Å²) in [6.07, 6.45) is 0.342. The van der Waals surface area contributed by atoms with Crippen LogP contribution in [0.2, 0.25) is 0 Å². The van der Waals surface area contributed by atoms with Gasteiger partial charge < -0.3 is 9.64 Å². The number of hydrogen-bond acceptors (Lipinski definition) is 3. The van der Waals surface area contributed by atoms with E-state index in [1.54, 1.807) is 4.90 Å². The van der Waals surface area contributed by atoms with Crippen molar-refractivity contribution < 1.29 is 9.53 Å². The third-order valence-electron chi connectivity index (χ3n) is 5.39. The van der Waals surface area contributed by atoms with Crippen molar-refractivity contribution in [3.63, 3.8) is 0 Å². The number of aryl methyl sites for hydroxylation is 2. The normalized spacial score (nSPS) is 10.8. The van der Waals surface area contributed by atoms with E-state index in [1.165, 1.54) is 5.56 Å². The molecule has 0 saturated carbocycles. The Kier molecular flexibility index (Phi) is 6.37. The number of para-hydroxylation sites is 1. The van der Waals surface area contributed by atoms with Gasteiger partial charge in [-0.05, 0) is 57.0 Å². The molecule has 0 saturated heterocycles. The van der Waals surface area contributed by atoms with Crippen molar-refractivity contribution in [2.24, 2.45) is 0 Å². The van der Waals surface area contributed by atoms with E-state index in [0.717, 1.165) is 34.0 Å². The van der Waals surface area contributed by atoms with E-state index < -0.39 is 0 Å². The molecule has 152 valence electrons. The standard InChI is InChI=1S/C24H29N3O2/c1-17-10-9-13-23(18(17)2)29-15-14-24(28)26(5)16-22-19(3)25-27(20(22)4)21-11-7-6-8-12-21/h6-13H,14-16H2,1-5H3. The van der Waals surface area contributed by atoms with Crippen molar-refractivity contribution in [2.45, 2.75) is 40.7 Å². The zero-order valence-corrected chi connectivity index (χ0v) is 17.9. The van der Waals surface area contributed by atoms with E-state index in [4.69, 9.17) is 4.74 Å². The lowest BCUT2D eigenvalue weighted by molar-refractivity contribution is -0.130. The summed E-state index contributed by atoms with van der Waals surface area (Å²) in [7, 11) is 1.83. The van der Waals surface area contributed by atoms with Crippen LogP contribution in [0.4, 0.5) is 0 Å². The molecule has 5 heteroatoms. The third kappa shape index (κ3) is 4.67. The highest BCUT2D eigenvalue weighted by Crippen LogP contribution is 2.21. The number of carbonyl (C=O) groups is 1. The minimum absolute atomic E-state index is 0.0570. The number of rotatable bonds is 7. The molecule has 0 spiro atoms. The minimum Gasteiger partial charge on any atom is -0.493 e. The van der Waals surface area contributed by atoms with Crippen LogP contribution in [0.3, 0.4) is 0 Å². The number of benzene rings is 2. The average Bonchev–Trinajstić information content (AvgIpc) is 3.00. The molecule has 0 radical (unpaired) electrons. The van der Waals surface area contributed by atoms with E-state index in [9.17, 15) is 4.79 Å². The summed E-state index contributed by atoms with van der Waals surface area (Å²) in [5.41, 5.74) is 6.41. The van der Waals surface area contributed by atoms with Crippen molar-refractivity contribution in [1.29, 1.82) is 0 Å². The summed E-state index contributed by atoms with van der Waals surface area (Å²) >= 11 is 0. The fraction of sp³-hybridized carbons (Fsp3) is 0.333. The number of nitrogens with zero attached hydrogens (tertiary/aromatic N) is 3. The zero-order valence-electron chi connectivity index (χ0n) is 17.9. The van der Waals surface area contributed by atoms with Gasteiger partial charge >= 0.3 is 0 Å². The Hall–Kier alpha value is -3.08. The monoisotopic (exact) mass is 391 g/mol. The van der Waals surface area contributed by atoms with Gasteiger partial charge in [0.25, 0.3) is 0 Å². The second-order valence-electron chi connectivity index (χ2n) is 7.44. The minimum atomic E-state index is 0.0570. The van der Waals surface area contributed by atoms with Crippen molar-refractivity contribution >= 4 is 5.91 Å². The number of amides is 1. The van der Waals surface area contributed by atoms with E-state index in [0.29, 0.717) is 19.6 Å². The highest BCUT2D eigenvalue weighted by Gasteiger charge is 2.17. The SMILES string of the molecule is Cc1cccc(OCCC(=O)N(C)Cc2c(C)nn(-c3ccccc3)c2C)c1C. The average molecular weight is 392 g/mol. The maximum Gasteiger partial charge on any atom is 0.226 e. The lowest BCUT2D eigenvalue weighted by Gasteiger charge is -2.18. The van der Waals surface area contributed by atoms with Crippen LogP contribution in [-0.2, 0) is 11.3 Å². The fourth-order valence-corrected chi connectivity index (χ4v) is 3.37. The topological polar surface area (TPSA) is 47.4 Å². The Morgan fingerprint density at radius 3 is 2.48 bits per heavy atom. The number of aromatic nitrogens is 2. The summed E-state index contributed by atoms with van der Waals surface area (Å²) in [5, 5.41) is 4.67. The third-order valence-corrected chi connectivity index (χ3v) is 5.39. The van der Waals surface area contributed by atoms with Crippen molar-refractivity contribution in [1.82, 2.24) is 14.7 Å². The van der Waals surface area contributed by atoms with Crippen LogP contribution in [0.15, 0.2) is 48.5 Å². The van der Waals surface area contributed by atoms with Gasteiger partial charge in [-0.25, -0.2) is 4.68 Å². The van der Waals surface area contributed by atoms with Gasteiger partial charge in [0, 0.05) is 24.8 Å². The van der Waals surface area contributed by atoms with Crippen LogP contribution in [0.25, 0.3) is 5.69 Å². The number of hydrogen-bond donors (Lipinski definition) is 0. The Morgan fingerprint density at radius 1 is 1.03 bits per heavy atom. The largest absolute Gasteiger partial charge is 0.493 e. The molecule has 5 nitrogen and oxygen atoms in total. The summed E-state index contributed by atoms with van der Waals surface area (Å²) in [6.45, 7) is 9.03. The molecular formula is C24H29N3O2. The van der Waals surface area contributed by atoms with Crippen LogP contribution in [0.1, 0.15) is 34.5 Å². The molecule has 0 fully saturated rings. The molecule has 0 aliphatic carbocycles. The van der Waals surface area contributed by atoms with Crippen LogP contribution in [-0.4, -0.2) is 34.2 Å². The molecule has 1 heterocycles. The lowest BCUT2D eigenvalue weighted by atomic mass is 10.1. The van der Waals surface area contributed by atoms with E-state index >= 15 is 0 Å². The van der Waals surface area contributed by atoms with Gasteiger partial charge in [-0.1, -0.05) is 30.3 Å². The van der Waals surface area contributed by atoms with Gasteiger partial charge in [-0.3, -0.25) is 4.79 Å². The molecule has 0 aliphatic heterocycles. The van der Waals surface area contributed by atoms with Crippen molar-refractivity contribution in [3.8, 4) is 11.4 Å². The fourth-order valence-electron chi connectivity index (χ4n) is 3.37. The highest BCUT2D eigenvalue weighted by atomic mass is 16.5. The molecular weight excluding hydrogens is 362 g/mol. The first-order valence-corrected chi connectivity index (χ1v) is 9.92. The molecule has 0 unspecified atom stereocenters. The van der Waals surface area contributed by atoms with E-state index in [-0.39, 0.29) is 5.91 Å². The quantitative estimate of drug-likeness (QED) is 0.594. The smallest absolute Gasteiger partial charge is 0.226 e. The zero-order chi connectivity index (χ0) is 21.0. The first-order chi connectivity index (χ1) is 13.9. The summed E-state index contributed by atoms with van der Waals surface area (Å²) in [6, 6.07) is 16.0. The molecule has 0 atom stereocenters. The van der Waals surface area contributed by atoms with Gasteiger partial charge in [-0.2, -0.15) is 5.10 Å². The first-order valence-electron chi connectivity index (χ1n) is 9.92. The van der Waals surface area contributed by atoms with Crippen molar-refractivity contribution in [2.75, 3.05) is 13.7 Å². The second kappa shape index (κ2) is 8.95. The Balaban J connectivity index is 1.61. The Labute approximate surface area is 172 Å². The maximum atomic E-state index is 12.6. The lowest BCUT2D eigenvalue weighted by Crippen LogP contribution is -2.28. The Morgan fingerprint density at radius 2 is 1.76 bits per heavy atom. The number of carbonyl (C=O) groups excluding carboxylic acids is 1. The van der Waals surface area contributed by atoms with E-state index in [1.807, 2.05) is 75.0 Å². The van der Waals surface area contributed by atoms with Crippen molar-refractivity contribution in [3.05, 3.63) is 76.6 Å². The first kappa shape index (κ1) is 20.6. The molecule has 3 rings (SSSR count). The van der Waals surface area contributed by atoms with E-state index in [2.05, 4.69) is 18.1 Å². The molecule has 29 heavy (non-hydrogen) atoms. The maximum absolute atomic E-state index is 12.6. The van der Waals surface area contributed by atoms with Gasteiger partial charge in [0.2, 0.25) is 5.91 Å². The molecule has 0 N–H and O–H groups in total. The van der Waals surface area contributed by atoms with Crippen LogP contribution >= 0.6 is 0 Å². The van der Waals surface area contributed by atoms with Gasteiger partial charge in [0.15, 0.2) is 0 Å². The van der Waals surface area contributed by atoms with Gasteiger partial charge in [0.1, 0.15) is 5.75 Å². The molecule has 3 aromatic rings. The second-order valence-corrected chi connectivity index (χ2v) is 7.44. The number of ether oxygens (including phenoxy) is 1. The predicted octanol–water partition coefficient (Wildman–Crippen LogP) is 4.53. The summed E-state index contributed by atoms with van der Waals surface area (Å²) in [5.74, 6) is 0.901. The van der Waals surface area contributed by atoms with Crippen LogP contribution < -0.4 is 4.74 Å². The van der Waals surface area contributed by atoms with Crippen LogP contribution in [0, 0.1) is 27.7 Å². The van der Waals surface area contributed by atoms with Gasteiger partial charge in [0.05, 0.1) is 24.4 Å². The molecule has 0 aliphatic rings. The molecule has 1 amide bonds. The summed E-state index contributed by atoms with van der Waals surface area (Å²) in [4.78, 5) is 14.4. The summed E-state index contributed by atoms with van der Waals surface area (Å²) < 4.78 is 7.77. The van der Waals surface area contributed by atoms with Gasteiger partial charge in [-0.15, -0.1) is 0 Å². The van der Waals surface area contributed by atoms with Crippen LogP contribution in [0.5, 0.6) is 5.75 Å². The molecule has 1 aromatic heterocycles.